The van der Waals surface area contributed by atoms with Crippen molar-refractivity contribution >= 4 is 21.8 Å². The standard InChI is InChI=1S/C14H15BrF3NO/c15-8-14(6-2-1-3-7-14)19-13(20)9-4-5-10(16)12(18)11(9)17/h4-5H,1-3,6-8H2,(H,19,20). The van der Waals surface area contributed by atoms with Gasteiger partial charge in [0.05, 0.1) is 11.1 Å². The number of carbonyl (C=O) groups is 1. The molecule has 20 heavy (non-hydrogen) atoms. The molecule has 1 N–H and O–H groups in total. The van der Waals surface area contributed by atoms with Crippen LogP contribution in [0.5, 0.6) is 0 Å². The Hall–Kier alpha value is -1.04. The summed E-state index contributed by atoms with van der Waals surface area (Å²) in [7, 11) is 0. The summed E-state index contributed by atoms with van der Waals surface area (Å²) < 4.78 is 39.6. The van der Waals surface area contributed by atoms with Gasteiger partial charge in [-0.2, -0.15) is 0 Å². The Labute approximate surface area is 123 Å². The van der Waals surface area contributed by atoms with E-state index in [2.05, 4.69) is 21.2 Å². The molecule has 0 bridgehead atoms. The predicted octanol–water partition coefficient (Wildman–Crippen LogP) is 3.93. The molecule has 0 atom stereocenters. The van der Waals surface area contributed by atoms with Crippen LogP contribution in [0.1, 0.15) is 42.5 Å². The van der Waals surface area contributed by atoms with Crippen molar-refractivity contribution in [1.29, 1.82) is 0 Å². The minimum atomic E-state index is -1.62. The van der Waals surface area contributed by atoms with Gasteiger partial charge in [0.1, 0.15) is 0 Å². The van der Waals surface area contributed by atoms with Gasteiger partial charge in [-0.15, -0.1) is 0 Å². The monoisotopic (exact) mass is 349 g/mol. The van der Waals surface area contributed by atoms with E-state index in [-0.39, 0.29) is 0 Å². The van der Waals surface area contributed by atoms with E-state index in [1.165, 1.54) is 0 Å². The number of amides is 1. The molecule has 1 fully saturated rings. The van der Waals surface area contributed by atoms with Crippen LogP contribution in [-0.4, -0.2) is 16.8 Å². The van der Waals surface area contributed by atoms with Gasteiger partial charge in [0, 0.05) is 5.33 Å². The molecule has 1 saturated carbocycles. The smallest absolute Gasteiger partial charge is 0.254 e. The molecule has 110 valence electrons. The lowest BCUT2D eigenvalue weighted by molar-refractivity contribution is 0.0881. The van der Waals surface area contributed by atoms with Crippen LogP contribution in [0.4, 0.5) is 13.2 Å². The van der Waals surface area contributed by atoms with E-state index in [0.29, 0.717) is 5.33 Å². The summed E-state index contributed by atoms with van der Waals surface area (Å²) in [5.41, 5.74) is -0.901. The van der Waals surface area contributed by atoms with E-state index in [1.807, 2.05) is 0 Å². The van der Waals surface area contributed by atoms with E-state index in [0.717, 1.165) is 44.2 Å². The number of alkyl halides is 1. The molecule has 2 nitrogen and oxygen atoms in total. The zero-order valence-corrected chi connectivity index (χ0v) is 12.4. The van der Waals surface area contributed by atoms with Crippen LogP contribution in [0.15, 0.2) is 12.1 Å². The normalized spacial score (nSPS) is 17.8. The highest BCUT2D eigenvalue weighted by atomic mass is 79.9. The van der Waals surface area contributed by atoms with Gasteiger partial charge in [0.2, 0.25) is 0 Å². The third-order valence-electron chi connectivity index (χ3n) is 3.72. The van der Waals surface area contributed by atoms with Crippen molar-refractivity contribution in [1.82, 2.24) is 5.32 Å². The number of hydrogen-bond acceptors (Lipinski definition) is 1. The van der Waals surface area contributed by atoms with E-state index in [9.17, 15) is 18.0 Å². The van der Waals surface area contributed by atoms with Crippen molar-refractivity contribution in [2.45, 2.75) is 37.6 Å². The van der Waals surface area contributed by atoms with Crippen molar-refractivity contribution in [2.24, 2.45) is 0 Å². The summed E-state index contributed by atoms with van der Waals surface area (Å²) in [6.45, 7) is 0. The lowest BCUT2D eigenvalue weighted by Crippen LogP contribution is -2.51. The van der Waals surface area contributed by atoms with Gasteiger partial charge in [-0.25, -0.2) is 13.2 Å². The molecule has 0 spiro atoms. The highest BCUT2D eigenvalue weighted by molar-refractivity contribution is 9.09. The highest BCUT2D eigenvalue weighted by Gasteiger charge is 2.33. The van der Waals surface area contributed by atoms with Gasteiger partial charge >= 0.3 is 0 Å². The maximum Gasteiger partial charge on any atom is 0.254 e. The number of benzene rings is 1. The first-order chi connectivity index (χ1) is 9.49. The minimum absolute atomic E-state index is 0.438. The second-order valence-corrected chi connectivity index (χ2v) is 5.71. The first-order valence-electron chi connectivity index (χ1n) is 6.51. The zero-order chi connectivity index (χ0) is 14.8. The Kier molecular flexibility index (Phi) is 4.73. The maximum absolute atomic E-state index is 13.6. The first-order valence-corrected chi connectivity index (χ1v) is 7.63. The van der Waals surface area contributed by atoms with Crippen LogP contribution >= 0.6 is 15.9 Å². The summed E-state index contributed by atoms with van der Waals surface area (Å²) in [5.74, 6) is -5.06. The van der Waals surface area contributed by atoms with Gasteiger partial charge in [-0.05, 0) is 25.0 Å². The fourth-order valence-corrected chi connectivity index (χ4v) is 3.23. The van der Waals surface area contributed by atoms with Gasteiger partial charge in [-0.1, -0.05) is 35.2 Å². The van der Waals surface area contributed by atoms with E-state index < -0.39 is 34.5 Å². The number of rotatable bonds is 3. The maximum atomic E-state index is 13.6. The van der Waals surface area contributed by atoms with Crippen LogP contribution in [0, 0.1) is 17.5 Å². The van der Waals surface area contributed by atoms with E-state index >= 15 is 0 Å². The first kappa shape index (κ1) is 15.4. The minimum Gasteiger partial charge on any atom is -0.346 e. The third-order valence-corrected chi connectivity index (χ3v) is 4.80. The Bertz CT molecular complexity index is 515. The van der Waals surface area contributed by atoms with Gasteiger partial charge in [0.15, 0.2) is 17.5 Å². The molecule has 1 aromatic rings. The van der Waals surface area contributed by atoms with Crippen LogP contribution in [0.25, 0.3) is 0 Å². The van der Waals surface area contributed by atoms with E-state index in [4.69, 9.17) is 0 Å². The molecule has 1 aliphatic carbocycles. The van der Waals surface area contributed by atoms with Gasteiger partial charge in [0.25, 0.3) is 5.91 Å². The summed E-state index contributed by atoms with van der Waals surface area (Å²) in [4.78, 5) is 12.1. The fourth-order valence-electron chi connectivity index (χ4n) is 2.53. The van der Waals surface area contributed by atoms with Crippen LogP contribution < -0.4 is 5.32 Å². The largest absolute Gasteiger partial charge is 0.346 e. The van der Waals surface area contributed by atoms with Crippen molar-refractivity contribution in [3.63, 3.8) is 0 Å². The number of carbonyl (C=O) groups excluding carboxylic acids is 1. The fraction of sp³-hybridized carbons (Fsp3) is 0.500. The molecule has 1 aliphatic rings. The molecule has 2 rings (SSSR count). The van der Waals surface area contributed by atoms with Gasteiger partial charge < -0.3 is 5.32 Å². The van der Waals surface area contributed by atoms with Crippen molar-refractivity contribution in [3.05, 3.63) is 35.1 Å². The highest BCUT2D eigenvalue weighted by Crippen LogP contribution is 2.30. The Morgan fingerprint density at radius 3 is 2.40 bits per heavy atom. The zero-order valence-electron chi connectivity index (χ0n) is 10.8. The van der Waals surface area contributed by atoms with Gasteiger partial charge in [-0.3, -0.25) is 4.79 Å². The van der Waals surface area contributed by atoms with Crippen molar-refractivity contribution in [3.8, 4) is 0 Å². The topological polar surface area (TPSA) is 29.1 Å². The summed E-state index contributed by atoms with van der Waals surface area (Å²) in [5, 5.41) is 3.32. The second-order valence-electron chi connectivity index (χ2n) is 5.15. The average molecular weight is 350 g/mol. The number of halogens is 4. The molecule has 1 amide bonds. The summed E-state index contributed by atoms with van der Waals surface area (Å²) in [6.07, 6.45) is 4.63. The molecular formula is C14H15BrF3NO. The molecule has 0 heterocycles. The lowest BCUT2D eigenvalue weighted by atomic mass is 9.83. The van der Waals surface area contributed by atoms with Crippen LogP contribution in [0.2, 0.25) is 0 Å². The predicted molar refractivity (Wildman–Crippen MR) is 73.4 cm³/mol. The molecule has 0 aromatic heterocycles. The lowest BCUT2D eigenvalue weighted by Gasteiger charge is -2.36. The summed E-state index contributed by atoms with van der Waals surface area (Å²) in [6, 6.07) is 1.73. The van der Waals surface area contributed by atoms with E-state index in [1.54, 1.807) is 0 Å². The summed E-state index contributed by atoms with van der Waals surface area (Å²) >= 11 is 3.37. The molecule has 1 aromatic carbocycles. The Morgan fingerprint density at radius 2 is 1.80 bits per heavy atom. The molecule has 6 heteroatoms. The SMILES string of the molecule is O=C(NC1(CBr)CCCCC1)c1ccc(F)c(F)c1F. The Morgan fingerprint density at radius 1 is 1.15 bits per heavy atom. The molecule has 0 radical (unpaired) electrons. The average Bonchev–Trinajstić information content (AvgIpc) is 2.45. The number of nitrogens with one attached hydrogen (secondary N) is 1. The second kappa shape index (κ2) is 6.16. The quantitative estimate of drug-likeness (QED) is 0.650. The third kappa shape index (κ3) is 3.00. The molecule has 0 saturated heterocycles. The molecular weight excluding hydrogens is 335 g/mol. The Balaban J connectivity index is 2.21. The van der Waals surface area contributed by atoms with Crippen molar-refractivity contribution in [2.75, 3.05) is 5.33 Å². The molecule has 0 aliphatic heterocycles. The van der Waals surface area contributed by atoms with Crippen molar-refractivity contribution < 1.29 is 18.0 Å². The van der Waals surface area contributed by atoms with Crippen LogP contribution in [-0.2, 0) is 0 Å². The van der Waals surface area contributed by atoms with Crippen LogP contribution in [0.3, 0.4) is 0 Å². The number of hydrogen-bond donors (Lipinski definition) is 1. The molecule has 0 unspecified atom stereocenters.